The molecule has 0 heterocycles. The Balaban J connectivity index is 4.27. The molecular formula is C13H28N2O2. The summed E-state index contributed by atoms with van der Waals surface area (Å²) < 4.78 is 5.08. The quantitative estimate of drug-likeness (QED) is 0.594. The maximum atomic E-state index is 12.1. The van der Waals surface area contributed by atoms with Crippen molar-refractivity contribution in [2.75, 3.05) is 33.9 Å². The number of nitrogens with zero attached hydrogens (tertiary/aromatic N) is 1. The van der Waals surface area contributed by atoms with E-state index in [1.54, 1.807) is 7.11 Å². The molecule has 0 aromatic carbocycles. The van der Waals surface area contributed by atoms with Crippen molar-refractivity contribution in [2.24, 2.45) is 0 Å². The zero-order valence-electron chi connectivity index (χ0n) is 11.8. The molecule has 0 radical (unpaired) electrons. The van der Waals surface area contributed by atoms with Gasteiger partial charge in [-0.2, -0.15) is 0 Å². The lowest BCUT2D eigenvalue weighted by molar-refractivity contribution is -0.134. The van der Waals surface area contributed by atoms with Gasteiger partial charge in [-0.1, -0.05) is 13.8 Å². The first kappa shape index (κ1) is 16.4. The molecule has 1 amide bonds. The maximum absolute atomic E-state index is 12.1. The van der Waals surface area contributed by atoms with E-state index in [2.05, 4.69) is 19.2 Å². The van der Waals surface area contributed by atoms with Crippen LogP contribution in [0.1, 0.15) is 39.5 Å². The normalized spacial score (nSPS) is 10.9. The van der Waals surface area contributed by atoms with E-state index in [0.717, 1.165) is 25.8 Å². The van der Waals surface area contributed by atoms with Gasteiger partial charge in [0.05, 0.1) is 6.61 Å². The second-order valence-electron chi connectivity index (χ2n) is 4.26. The maximum Gasteiger partial charge on any atom is 0.222 e. The van der Waals surface area contributed by atoms with Crippen LogP contribution in [0.4, 0.5) is 0 Å². The van der Waals surface area contributed by atoms with E-state index < -0.39 is 0 Å². The number of rotatable bonds is 10. The van der Waals surface area contributed by atoms with Gasteiger partial charge in [0, 0.05) is 26.1 Å². The Morgan fingerprint density at radius 3 is 2.47 bits per heavy atom. The fourth-order valence-corrected chi connectivity index (χ4v) is 1.99. The Hall–Kier alpha value is -0.610. The number of hydrogen-bond acceptors (Lipinski definition) is 3. The second-order valence-corrected chi connectivity index (χ2v) is 4.26. The van der Waals surface area contributed by atoms with Crippen molar-refractivity contribution in [3.63, 3.8) is 0 Å². The second kappa shape index (κ2) is 10.5. The molecule has 0 aliphatic heterocycles. The van der Waals surface area contributed by atoms with Crippen molar-refractivity contribution in [3.8, 4) is 0 Å². The number of ether oxygens (including phenoxy) is 1. The lowest BCUT2D eigenvalue weighted by Gasteiger charge is -2.30. The Kier molecular flexibility index (Phi) is 10.2. The average molecular weight is 244 g/mol. The van der Waals surface area contributed by atoms with Crippen molar-refractivity contribution in [1.29, 1.82) is 0 Å². The first-order valence-corrected chi connectivity index (χ1v) is 6.64. The molecule has 0 spiro atoms. The van der Waals surface area contributed by atoms with E-state index in [-0.39, 0.29) is 5.91 Å². The van der Waals surface area contributed by atoms with Crippen LogP contribution >= 0.6 is 0 Å². The zero-order valence-corrected chi connectivity index (χ0v) is 11.8. The van der Waals surface area contributed by atoms with Crippen LogP contribution in [-0.4, -0.2) is 50.7 Å². The van der Waals surface area contributed by atoms with E-state index >= 15 is 0 Å². The molecule has 0 bridgehead atoms. The molecule has 17 heavy (non-hydrogen) atoms. The van der Waals surface area contributed by atoms with Crippen LogP contribution in [0, 0.1) is 0 Å². The lowest BCUT2D eigenvalue weighted by atomic mass is 10.1. The average Bonchev–Trinajstić information content (AvgIpc) is 2.34. The minimum atomic E-state index is 0.256. The molecule has 0 aromatic rings. The third-order valence-corrected chi connectivity index (χ3v) is 3.06. The van der Waals surface area contributed by atoms with Crippen LogP contribution in [0.25, 0.3) is 0 Å². The molecule has 0 saturated carbocycles. The first-order chi connectivity index (χ1) is 8.21. The van der Waals surface area contributed by atoms with Crippen LogP contribution in [0.15, 0.2) is 0 Å². The Morgan fingerprint density at radius 2 is 2.00 bits per heavy atom. The highest BCUT2D eigenvalue weighted by Gasteiger charge is 2.19. The minimum absolute atomic E-state index is 0.256. The van der Waals surface area contributed by atoms with Gasteiger partial charge in [-0.05, 0) is 32.9 Å². The molecule has 0 aromatic heterocycles. The van der Waals surface area contributed by atoms with Gasteiger partial charge in [0.25, 0.3) is 0 Å². The monoisotopic (exact) mass is 244 g/mol. The number of nitrogens with one attached hydrogen (secondary N) is 1. The van der Waals surface area contributed by atoms with Gasteiger partial charge in [-0.3, -0.25) is 4.79 Å². The van der Waals surface area contributed by atoms with Crippen molar-refractivity contribution in [3.05, 3.63) is 0 Å². The highest BCUT2D eigenvalue weighted by atomic mass is 16.5. The number of carbonyl (C=O) groups is 1. The van der Waals surface area contributed by atoms with Crippen molar-refractivity contribution >= 4 is 5.91 Å². The molecule has 0 atom stereocenters. The van der Waals surface area contributed by atoms with Crippen LogP contribution in [0.2, 0.25) is 0 Å². The molecule has 0 rings (SSSR count). The van der Waals surface area contributed by atoms with Crippen LogP contribution in [-0.2, 0) is 9.53 Å². The smallest absolute Gasteiger partial charge is 0.222 e. The van der Waals surface area contributed by atoms with E-state index in [4.69, 9.17) is 4.74 Å². The molecule has 0 fully saturated rings. The summed E-state index contributed by atoms with van der Waals surface area (Å²) in [5.41, 5.74) is 0. The van der Waals surface area contributed by atoms with E-state index in [9.17, 15) is 4.79 Å². The van der Waals surface area contributed by atoms with Gasteiger partial charge < -0.3 is 15.0 Å². The molecule has 4 nitrogen and oxygen atoms in total. The van der Waals surface area contributed by atoms with Gasteiger partial charge in [-0.15, -0.1) is 0 Å². The number of carbonyl (C=O) groups excluding carboxylic acids is 1. The zero-order chi connectivity index (χ0) is 13.1. The summed E-state index contributed by atoms with van der Waals surface area (Å²) in [7, 11) is 3.59. The number of hydrogen-bond donors (Lipinski definition) is 1. The molecule has 102 valence electrons. The predicted octanol–water partition coefficient (Wildman–Crippen LogP) is 1.65. The number of amides is 1. The van der Waals surface area contributed by atoms with Gasteiger partial charge in [0.2, 0.25) is 5.91 Å². The van der Waals surface area contributed by atoms with E-state index in [1.165, 1.54) is 0 Å². The highest BCUT2D eigenvalue weighted by Crippen LogP contribution is 2.11. The van der Waals surface area contributed by atoms with Crippen LogP contribution < -0.4 is 5.32 Å². The third kappa shape index (κ3) is 6.64. The number of methoxy groups -OCH3 is 1. The summed E-state index contributed by atoms with van der Waals surface area (Å²) >= 11 is 0. The van der Waals surface area contributed by atoms with Gasteiger partial charge in [0.15, 0.2) is 0 Å². The molecule has 4 heteroatoms. The molecule has 0 saturated heterocycles. The van der Waals surface area contributed by atoms with E-state index in [1.807, 2.05) is 11.9 Å². The summed E-state index contributed by atoms with van der Waals surface area (Å²) in [5, 5.41) is 3.07. The summed E-state index contributed by atoms with van der Waals surface area (Å²) in [4.78, 5) is 14.1. The van der Waals surface area contributed by atoms with Gasteiger partial charge >= 0.3 is 0 Å². The SMILES string of the molecule is CCC(CC)N(CCOC)C(=O)CCCNC. The molecule has 1 N–H and O–H groups in total. The fourth-order valence-electron chi connectivity index (χ4n) is 1.99. The molecular weight excluding hydrogens is 216 g/mol. The van der Waals surface area contributed by atoms with Crippen LogP contribution in [0.5, 0.6) is 0 Å². The minimum Gasteiger partial charge on any atom is -0.383 e. The molecule has 0 aliphatic carbocycles. The summed E-state index contributed by atoms with van der Waals surface area (Å²) in [6.45, 7) is 6.49. The van der Waals surface area contributed by atoms with Crippen molar-refractivity contribution in [2.45, 2.75) is 45.6 Å². The summed E-state index contributed by atoms with van der Waals surface area (Å²) in [5.74, 6) is 0.256. The summed E-state index contributed by atoms with van der Waals surface area (Å²) in [6, 6.07) is 0.354. The topological polar surface area (TPSA) is 41.6 Å². The third-order valence-electron chi connectivity index (χ3n) is 3.06. The molecule has 0 unspecified atom stereocenters. The highest BCUT2D eigenvalue weighted by molar-refractivity contribution is 5.76. The largest absolute Gasteiger partial charge is 0.383 e. The van der Waals surface area contributed by atoms with Crippen LogP contribution in [0.3, 0.4) is 0 Å². The predicted molar refractivity (Wildman–Crippen MR) is 71.1 cm³/mol. The van der Waals surface area contributed by atoms with Crippen molar-refractivity contribution in [1.82, 2.24) is 10.2 Å². The van der Waals surface area contributed by atoms with E-state index in [0.29, 0.717) is 25.6 Å². The molecule has 0 aliphatic rings. The lowest BCUT2D eigenvalue weighted by Crippen LogP contribution is -2.41. The Bertz CT molecular complexity index is 194. The Morgan fingerprint density at radius 1 is 1.35 bits per heavy atom. The van der Waals surface area contributed by atoms with Gasteiger partial charge in [-0.25, -0.2) is 0 Å². The first-order valence-electron chi connectivity index (χ1n) is 6.64. The summed E-state index contributed by atoms with van der Waals surface area (Å²) in [6.07, 6.45) is 3.55. The Labute approximate surface area is 106 Å². The van der Waals surface area contributed by atoms with Gasteiger partial charge in [0.1, 0.15) is 0 Å². The fraction of sp³-hybridized carbons (Fsp3) is 0.923. The standard InChI is InChI=1S/C13H28N2O2/c1-5-12(6-2)15(10-11-17-4)13(16)8-7-9-14-3/h12,14H,5-11H2,1-4H3. The van der Waals surface area contributed by atoms with Crippen molar-refractivity contribution < 1.29 is 9.53 Å².